The van der Waals surface area contributed by atoms with Crippen molar-refractivity contribution < 1.29 is 14.6 Å². The number of aryl methyl sites for hydroxylation is 1. The maximum Gasteiger partial charge on any atom is 0.127 e. The monoisotopic (exact) mass is 369 g/mol. The van der Waals surface area contributed by atoms with Gasteiger partial charge in [-0.3, -0.25) is 4.90 Å². The molecule has 4 rings (SSSR count). The Kier molecular flexibility index (Phi) is 5.64. The van der Waals surface area contributed by atoms with Crippen LogP contribution in [0, 0.1) is 24.1 Å². The first-order valence-corrected chi connectivity index (χ1v) is 9.07. The van der Waals surface area contributed by atoms with Gasteiger partial charge in [-0.15, -0.1) is 0 Å². The van der Waals surface area contributed by atoms with E-state index < -0.39 is 0 Å². The van der Waals surface area contributed by atoms with Gasteiger partial charge in [0.25, 0.3) is 0 Å². The summed E-state index contributed by atoms with van der Waals surface area (Å²) in [5, 5.41) is 27.6. The van der Waals surface area contributed by atoms with Crippen LogP contribution in [-0.2, 0) is 12.8 Å². The van der Waals surface area contributed by atoms with Gasteiger partial charge in [0.05, 0.1) is 11.6 Å². The molecule has 142 valence electrons. The van der Waals surface area contributed by atoms with Crippen molar-refractivity contribution in [3.8, 4) is 17.6 Å². The van der Waals surface area contributed by atoms with Gasteiger partial charge in [0.1, 0.15) is 17.3 Å². The van der Waals surface area contributed by atoms with Crippen molar-refractivity contribution in [2.75, 3.05) is 13.1 Å². The Morgan fingerprint density at radius 1 is 1.22 bits per heavy atom. The summed E-state index contributed by atoms with van der Waals surface area (Å²) in [6.45, 7) is 3.66. The number of phenols is 2. The van der Waals surface area contributed by atoms with Gasteiger partial charge in [0.2, 0.25) is 0 Å². The summed E-state index contributed by atoms with van der Waals surface area (Å²) < 4.78 is 12.6. The Morgan fingerprint density at radius 3 is 2.63 bits per heavy atom. The van der Waals surface area contributed by atoms with Crippen molar-refractivity contribution in [2.45, 2.75) is 38.3 Å². The zero-order chi connectivity index (χ0) is 19.6. The van der Waals surface area contributed by atoms with Crippen LogP contribution < -0.4 is 5.73 Å². The van der Waals surface area contributed by atoms with Crippen LogP contribution in [0.25, 0.3) is 0 Å². The molecule has 6 heteroatoms. The zero-order valence-corrected chi connectivity index (χ0v) is 15.3. The highest BCUT2D eigenvalue weighted by Crippen LogP contribution is 2.36. The van der Waals surface area contributed by atoms with Crippen LogP contribution in [0.15, 0.2) is 30.3 Å². The Bertz CT molecular complexity index is 878. The summed E-state index contributed by atoms with van der Waals surface area (Å²) in [7, 11) is 0. The number of halogens is 1. The maximum atomic E-state index is 12.6. The molecule has 1 unspecified atom stereocenters. The van der Waals surface area contributed by atoms with Gasteiger partial charge in [0, 0.05) is 31.2 Å². The topological polar surface area (TPSA) is 93.5 Å². The number of fused-ring (bicyclic) bond motifs is 1. The molecule has 2 aliphatic rings. The van der Waals surface area contributed by atoms with Crippen LogP contribution in [0.2, 0.25) is 0 Å². The van der Waals surface area contributed by atoms with Crippen LogP contribution in [0.5, 0.6) is 11.5 Å². The number of hydrogen-bond donors (Lipinski definition) is 3. The molecule has 2 aromatic rings. The Labute approximate surface area is 158 Å². The van der Waals surface area contributed by atoms with E-state index in [1.165, 1.54) is 12.1 Å². The molecule has 1 aliphatic carbocycles. The SMILES string of the molecule is Cc1ccc(C#N)cc1F.N[C@H]1CCN(C2Cc3cc(O)cc(O)c3C2)C1. The summed E-state index contributed by atoms with van der Waals surface area (Å²) in [6.07, 6.45) is 2.84. The fraction of sp³-hybridized carbons (Fsp3) is 0.381. The molecule has 0 spiro atoms. The zero-order valence-electron chi connectivity index (χ0n) is 15.3. The van der Waals surface area contributed by atoms with Gasteiger partial charge in [-0.2, -0.15) is 5.26 Å². The molecule has 27 heavy (non-hydrogen) atoms. The quantitative estimate of drug-likeness (QED) is 0.718. The lowest BCUT2D eigenvalue weighted by molar-refractivity contribution is 0.246. The number of nitrogens with zero attached hydrogens (tertiary/aromatic N) is 2. The molecule has 5 nitrogen and oxygen atoms in total. The lowest BCUT2D eigenvalue weighted by atomic mass is 10.1. The Hall–Kier alpha value is -2.62. The predicted molar refractivity (Wildman–Crippen MR) is 101 cm³/mol. The third kappa shape index (κ3) is 4.38. The van der Waals surface area contributed by atoms with Crippen LogP contribution in [0.3, 0.4) is 0 Å². The van der Waals surface area contributed by atoms with E-state index in [0.717, 1.165) is 43.5 Å². The Balaban J connectivity index is 0.000000180. The molecule has 1 aliphatic heterocycles. The molecule has 0 saturated carbocycles. The maximum absolute atomic E-state index is 12.6. The third-order valence-corrected chi connectivity index (χ3v) is 5.27. The normalized spacial score (nSPS) is 21.3. The van der Waals surface area contributed by atoms with E-state index in [-0.39, 0.29) is 17.3 Å². The van der Waals surface area contributed by atoms with Crippen molar-refractivity contribution in [2.24, 2.45) is 5.73 Å². The minimum absolute atomic E-state index is 0.153. The van der Waals surface area contributed by atoms with Crippen molar-refractivity contribution in [1.29, 1.82) is 5.26 Å². The molecule has 0 aromatic heterocycles. The van der Waals surface area contributed by atoms with Crippen molar-refractivity contribution >= 4 is 0 Å². The van der Waals surface area contributed by atoms with Crippen LogP contribution in [-0.4, -0.2) is 40.3 Å². The van der Waals surface area contributed by atoms with E-state index in [4.69, 9.17) is 11.0 Å². The molecule has 2 atom stereocenters. The number of phenolic OH excluding ortho intramolecular Hbond substituents is 2. The van der Waals surface area contributed by atoms with E-state index in [0.29, 0.717) is 23.2 Å². The second-order valence-corrected chi connectivity index (χ2v) is 7.28. The minimum atomic E-state index is -0.320. The number of rotatable bonds is 1. The van der Waals surface area contributed by atoms with Gasteiger partial charge >= 0.3 is 0 Å². The van der Waals surface area contributed by atoms with Gasteiger partial charge < -0.3 is 15.9 Å². The molecular weight excluding hydrogens is 345 g/mol. The average molecular weight is 369 g/mol. The average Bonchev–Trinajstić information content (AvgIpc) is 3.24. The number of aromatic hydroxyl groups is 2. The molecule has 0 radical (unpaired) electrons. The summed E-state index contributed by atoms with van der Waals surface area (Å²) in [5.74, 6) is 0.0602. The summed E-state index contributed by atoms with van der Waals surface area (Å²) in [5.41, 5.74) is 8.92. The highest BCUT2D eigenvalue weighted by atomic mass is 19.1. The van der Waals surface area contributed by atoms with Crippen molar-refractivity contribution in [1.82, 2.24) is 4.90 Å². The summed E-state index contributed by atoms with van der Waals surface area (Å²) in [4.78, 5) is 2.40. The molecule has 0 bridgehead atoms. The van der Waals surface area contributed by atoms with Crippen LogP contribution >= 0.6 is 0 Å². The molecule has 1 saturated heterocycles. The number of hydrogen-bond acceptors (Lipinski definition) is 5. The van der Waals surface area contributed by atoms with Gasteiger partial charge in [-0.25, -0.2) is 4.39 Å². The van der Waals surface area contributed by atoms with E-state index in [1.54, 1.807) is 25.1 Å². The van der Waals surface area contributed by atoms with Crippen LogP contribution in [0.1, 0.15) is 28.7 Å². The second kappa shape index (κ2) is 7.95. The molecular formula is C21H24FN3O2. The standard InChI is InChI=1S/C13H18N2O2.C8H6FN/c14-9-1-2-15(7-9)10-3-8-4-11(16)6-13(17)12(8)5-10;1-6-2-3-7(5-10)4-8(6)9/h4,6,9-10,16-17H,1-3,5,7,14H2;2-4H,1H3/t9-,10?;/m0./s1. The fourth-order valence-electron chi connectivity index (χ4n) is 3.75. The van der Waals surface area contributed by atoms with E-state index >= 15 is 0 Å². The van der Waals surface area contributed by atoms with E-state index in [9.17, 15) is 14.6 Å². The van der Waals surface area contributed by atoms with Gasteiger partial charge in [-0.1, -0.05) is 6.07 Å². The minimum Gasteiger partial charge on any atom is -0.508 e. The number of nitrogens with two attached hydrogens (primary N) is 1. The summed E-state index contributed by atoms with van der Waals surface area (Å²) >= 11 is 0. The first-order chi connectivity index (χ1) is 12.9. The largest absolute Gasteiger partial charge is 0.508 e. The molecule has 1 fully saturated rings. The van der Waals surface area contributed by atoms with Gasteiger partial charge in [-0.05, 0) is 61.1 Å². The lowest BCUT2D eigenvalue weighted by Crippen LogP contribution is -2.36. The molecule has 2 aromatic carbocycles. The smallest absolute Gasteiger partial charge is 0.127 e. The lowest BCUT2D eigenvalue weighted by Gasteiger charge is -2.22. The third-order valence-electron chi connectivity index (χ3n) is 5.27. The van der Waals surface area contributed by atoms with Crippen molar-refractivity contribution in [3.63, 3.8) is 0 Å². The number of nitriles is 1. The Morgan fingerprint density at radius 2 is 2.00 bits per heavy atom. The van der Waals surface area contributed by atoms with E-state index in [1.807, 2.05) is 6.07 Å². The highest BCUT2D eigenvalue weighted by molar-refractivity contribution is 5.48. The molecule has 4 N–H and O–H groups in total. The second-order valence-electron chi connectivity index (χ2n) is 7.28. The number of benzene rings is 2. The van der Waals surface area contributed by atoms with Crippen LogP contribution in [0.4, 0.5) is 4.39 Å². The fourth-order valence-corrected chi connectivity index (χ4v) is 3.75. The first kappa shape index (κ1) is 19.2. The molecule has 0 amide bonds. The van der Waals surface area contributed by atoms with E-state index in [2.05, 4.69) is 4.90 Å². The molecule has 1 heterocycles. The highest BCUT2D eigenvalue weighted by Gasteiger charge is 2.32. The summed E-state index contributed by atoms with van der Waals surface area (Å²) in [6, 6.07) is 10.2. The van der Waals surface area contributed by atoms with Gasteiger partial charge in [0.15, 0.2) is 0 Å². The number of likely N-dealkylation sites (tertiary alicyclic amines) is 1. The predicted octanol–water partition coefficient (Wildman–Crippen LogP) is 2.60. The first-order valence-electron chi connectivity index (χ1n) is 9.07. The van der Waals surface area contributed by atoms with Crippen molar-refractivity contribution in [3.05, 3.63) is 58.4 Å².